The molecule has 0 fully saturated rings. The van der Waals surface area contributed by atoms with Crippen LogP contribution in [0.25, 0.3) is 0 Å². The van der Waals surface area contributed by atoms with Gasteiger partial charge in [0.15, 0.2) is 0 Å². The summed E-state index contributed by atoms with van der Waals surface area (Å²) in [7, 11) is 2.06. The normalized spacial score (nSPS) is 11.7. The second-order valence-electron chi connectivity index (χ2n) is 4.68. The molecule has 0 unspecified atom stereocenters. The van der Waals surface area contributed by atoms with Crippen LogP contribution in [0.15, 0.2) is 18.3 Å². The van der Waals surface area contributed by atoms with Gasteiger partial charge in [-0.25, -0.2) is 0 Å². The topological polar surface area (TPSA) is 42.8 Å². The molecule has 1 aromatic rings. The summed E-state index contributed by atoms with van der Waals surface area (Å²) in [6.45, 7) is 5.73. The van der Waals surface area contributed by atoms with Gasteiger partial charge in [0.05, 0.1) is 11.5 Å². The number of aromatic nitrogens is 1. The van der Waals surface area contributed by atoms with Gasteiger partial charge in [0.1, 0.15) is 0 Å². The highest BCUT2D eigenvalue weighted by Gasteiger charge is 2.18. The number of hydrogen-bond donors (Lipinski definition) is 1. The van der Waals surface area contributed by atoms with E-state index in [9.17, 15) is 0 Å². The van der Waals surface area contributed by atoms with Crippen molar-refractivity contribution in [2.24, 2.45) is 5.41 Å². The molecule has 0 saturated carbocycles. The summed E-state index contributed by atoms with van der Waals surface area (Å²) < 4.78 is 0. The minimum atomic E-state index is -0.259. The Bertz CT molecular complexity index is 319. The van der Waals surface area contributed by atoms with Gasteiger partial charge in [-0.15, -0.1) is 0 Å². The summed E-state index contributed by atoms with van der Waals surface area (Å²) >= 11 is 0. The first-order chi connectivity index (χ1) is 7.03. The van der Waals surface area contributed by atoms with E-state index in [0.717, 1.165) is 19.5 Å². The molecule has 0 aromatic carbocycles. The lowest BCUT2D eigenvalue weighted by molar-refractivity contribution is 0.257. The van der Waals surface area contributed by atoms with Gasteiger partial charge in [0.25, 0.3) is 0 Å². The predicted molar refractivity (Wildman–Crippen MR) is 61.4 cm³/mol. The van der Waals surface area contributed by atoms with Crippen LogP contribution in [0.2, 0.25) is 0 Å². The van der Waals surface area contributed by atoms with Crippen LogP contribution < -0.4 is 0 Å². The molecule has 15 heavy (non-hydrogen) atoms. The Balaban J connectivity index is 2.31. The Hall–Kier alpha value is -1.27. The molecule has 0 atom stereocenters. The quantitative estimate of drug-likeness (QED) is 0.799. The van der Waals surface area contributed by atoms with Crippen molar-refractivity contribution in [3.8, 4) is 6.07 Å². The minimum absolute atomic E-state index is 0.259. The van der Waals surface area contributed by atoms with Crippen molar-refractivity contribution >= 4 is 0 Å². The van der Waals surface area contributed by atoms with Gasteiger partial charge in [0, 0.05) is 31.4 Å². The zero-order valence-corrected chi connectivity index (χ0v) is 9.75. The number of nitrogens with zero attached hydrogens (tertiary/aromatic N) is 2. The maximum Gasteiger partial charge on any atom is 0.0697 e. The summed E-state index contributed by atoms with van der Waals surface area (Å²) in [5, 5.41) is 8.91. The Labute approximate surface area is 91.7 Å². The molecule has 1 heterocycles. The van der Waals surface area contributed by atoms with Crippen LogP contribution in [0.3, 0.4) is 0 Å². The summed E-state index contributed by atoms with van der Waals surface area (Å²) in [4.78, 5) is 5.38. The fourth-order valence-electron chi connectivity index (χ4n) is 1.62. The summed E-state index contributed by atoms with van der Waals surface area (Å²) in [6.07, 6.45) is 2.94. The van der Waals surface area contributed by atoms with Crippen molar-refractivity contribution in [1.82, 2.24) is 9.88 Å². The average molecular weight is 205 g/mol. The summed E-state index contributed by atoms with van der Waals surface area (Å²) in [6, 6.07) is 6.41. The molecule has 0 amide bonds. The maximum absolute atomic E-state index is 8.91. The predicted octanol–water partition coefficient (Wildman–Crippen LogP) is 2.04. The zero-order chi connectivity index (χ0) is 11.3. The van der Waals surface area contributed by atoms with Gasteiger partial charge in [-0.3, -0.25) is 0 Å². The second-order valence-corrected chi connectivity index (χ2v) is 4.68. The van der Waals surface area contributed by atoms with Gasteiger partial charge < -0.3 is 9.88 Å². The highest BCUT2D eigenvalue weighted by Crippen LogP contribution is 2.14. The van der Waals surface area contributed by atoms with Gasteiger partial charge in [-0.05, 0) is 33.0 Å². The van der Waals surface area contributed by atoms with Crippen molar-refractivity contribution in [3.63, 3.8) is 0 Å². The molecule has 3 heteroatoms. The lowest BCUT2D eigenvalue weighted by Crippen LogP contribution is -2.31. The first kappa shape index (κ1) is 11.8. The molecule has 0 saturated heterocycles. The van der Waals surface area contributed by atoms with Crippen LogP contribution in [0.1, 0.15) is 19.5 Å². The Morgan fingerprint density at radius 3 is 2.80 bits per heavy atom. The van der Waals surface area contributed by atoms with Crippen molar-refractivity contribution in [2.75, 3.05) is 20.1 Å². The first-order valence-electron chi connectivity index (χ1n) is 5.25. The number of hydrogen-bond acceptors (Lipinski definition) is 2. The maximum atomic E-state index is 8.91. The second kappa shape index (κ2) is 4.99. The molecule has 82 valence electrons. The molecular formula is C12H19N3. The molecular weight excluding hydrogens is 186 g/mol. The van der Waals surface area contributed by atoms with E-state index in [-0.39, 0.29) is 5.41 Å². The van der Waals surface area contributed by atoms with Crippen molar-refractivity contribution < 1.29 is 0 Å². The Kier molecular flexibility index (Phi) is 3.93. The minimum Gasteiger partial charge on any atom is -0.365 e. The van der Waals surface area contributed by atoms with E-state index in [0.29, 0.717) is 0 Å². The van der Waals surface area contributed by atoms with Gasteiger partial charge in [-0.1, -0.05) is 0 Å². The van der Waals surface area contributed by atoms with Crippen LogP contribution >= 0.6 is 0 Å². The number of H-pyrrole nitrogens is 1. The van der Waals surface area contributed by atoms with Gasteiger partial charge in [0.2, 0.25) is 0 Å². The number of nitrogens with one attached hydrogen (secondary N) is 1. The third-order valence-electron chi connectivity index (χ3n) is 2.39. The lowest BCUT2D eigenvalue weighted by atomic mass is 9.95. The van der Waals surface area contributed by atoms with Gasteiger partial charge >= 0.3 is 0 Å². The van der Waals surface area contributed by atoms with Crippen LogP contribution in [0, 0.1) is 16.7 Å². The molecule has 0 radical (unpaired) electrons. The van der Waals surface area contributed by atoms with E-state index in [1.54, 1.807) is 0 Å². The third-order valence-corrected chi connectivity index (χ3v) is 2.39. The number of likely N-dealkylation sites (N-methyl/N-ethyl adjacent to an activating group) is 1. The molecule has 0 aliphatic rings. The highest BCUT2D eigenvalue weighted by molar-refractivity contribution is 5.04. The monoisotopic (exact) mass is 205 g/mol. The standard InChI is InChI=1S/C12H19N3/c1-12(2,9-13)10-15(3)8-6-11-5-4-7-14-11/h4-5,7,14H,6,8,10H2,1-3H3. The summed E-state index contributed by atoms with van der Waals surface area (Å²) in [5.41, 5.74) is 0.987. The molecule has 0 aliphatic heterocycles. The number of nitriles is 1. The molecule has 3 nitrogen and oxygen atoms in total. The molecule has 0 aliphatic carbocycles. The molecule has 0 bridgehead atoms. The highest BCUT2D eigenvalue weighted by atomic mass is 15.1. The van der Waals surface area contributed by atoms with E-state index >= 15 is 0 Å². The third kappa shape index (κ3) is 4.18. The van der Waals surface area contributed by atoms with Crippen LogP contribution in [-0.4, -0.2) is 30.0 Å². The van der Waals surface area contributed by atoms with E-state index in [1.807, 2.05) is 26.1 Å². The van der Waals surface area contributed by atoms with Crippen molar-refractivity contribution in [2.45, 2.75) is 20.3 Å². The molecule has 1 rings (SSSR count). The molecule has 0 spiro atoms. The van der Waals surface area contributed by atoms with E-state index in [4.69, 9.17) is 5.26 Å². The molecule has 1 aromatic heterocycles. The zero-order valence-electron chi connectivity index (χ0n) is 9.75. The van der Waals surface area contributed by atoms with E-state index < -0.39 is 0 Å². The van der Waals surface area contributed by atoms with Crippen molar-refractivity contribution in [1.29, 1.82) is 5.26 Å². The summed E-state index contributed by atoms with van der Waals surface area (Å²) in [5.74, 6) is 0. The fraction of sp³-hybridized carbons (Fsp3) is 0.583. The average Bonchev–Trinajstić information content (AvgIpc) is 2.66. The first-order valence-corrected chi connectivity index (χ1v) is 5.25. The van der Waals surface area contributed by atoms with Gasteiger partial charge in [-0.2, -0.15) is 5.26 Å². The fourth-order valence-corrected chi connectivity index (χ4v) is 1.62. The smallest absolute Gasteiger partial charge is 0.0697 e. The Morgan fingerprint density at radius 2 is 2.27 bits per heavy atom. The Morgan fingerprint density at radius 1 is 1.53 bits per heavy atom. The number of aromatic amines is 1. The number of rotatable bonds is 5. The van der Waals surface area contributed by atoms with Crippen molar-refractivity contribution in [3.05, 3.63) is 24.0 Å². The van der Waals surface area contributed by atoms with Crippen LogP contribution in [-0.2, 0) is 6.42 Å². The van der Waals surface area contributed by atoms with E-state index in [2.05, 4.69) is 29.1 Å². The van der Waals surface area contributed by atoms with Crippen LogP contribution in [0.4, 0.5) is 0 Å². The molecule has 1 N–H and O–H groups in total. The lowest BCUT2D eigenvalue weighted by Gasteiger charge is -2.23. The SMILES string of the molecule is CN(CCc1ccc[nH]1)CC(C)(C)C#N. The largest absolute Gasteiger partial charge is 0.365 e. The van der Waals surface area contributed by atoms with Crippen LogP contribution in [0.5, 0.6) is 0 Å². The van der Waals surface area contributed by atoms with E-state index in [1.165, 1.54) is 5.69 Å².